The Labute approximate surface area is 194 Å². The monoisotopic (exact) mass is 485 g/mol. The van der Waals surface area contributed by atoms with Crippen LogP contribution in [0.1, 0.15) is 11.3 Å². The summed E-state index contributed by atoms with van der Waals surface area (Å²) in [6.07, 6.45) is 1.36. The van der Waals surface area contributed by atoms with Gasteiger partial charge in [0.2, 0.25) is 0 Å². The number of carbonyl (C=O) groups is 2. The van der Waals surface area contributed by atoms with Gasteiger partial charge in [-0.2, -0.15) is 0 Å². The number of thioether (sulfide) groups is 1. The molecule has 12 heteroatoms. The number of hydrogen-bond donors (Lipinski definition) is 0. The smallest absolute Gasteiger partial charge is 0.293 e. The molecule has 1 aliphatic rings. The molecular weight excluding hydrogens is 474 g/mol. The van der Waals surface area contributed by atoms with Crippen molar-refractivity contribution in [1.82, 2.24) is 4.90 Å². The average Bonchev–Trinajstić information content (AvgIpc) is 3.34. The molecule has 33 heavy (non-hydrogen) atoms. The highest BCUT2D eigenvalue weighted by Crippen LogP contribution is 2.36. The summed E-state index contributed by atoms with van der Waals surface area (Å²) in [4.78, 5) is 47.2. The molecule has 0 atom stereocenters. The van der Waals surface area contributed by atoms with Gasteiger partial charge in [-0.15, -0.1) is 0 Å². The molecule has 0 radical (unpaired) electrons. The number of nitro groups is 2. The number of para-hydroxylation sites is 1. The maximum absolute atomic E-state index is 12.8. The fourth-order valence-corrected chi connectivity index (χ4v) is 4.18. The standard InChI is InChI=1S/C21H12ClN3O7S/c22-16-7-5-13(24(28)29)9-15(16)18-8-6-14(32-18)10-19-20(26)23(21(27)33-19)11-12-3-1-2-4-17(12)25(30)31/h1-10H,11H2/b19-10+. The van der Waals surface area contributed by atoms with E-state index in [4.69, 9.17) is 16.0 Å². The van der Waals surface area contributed by atoms with E-state index in [9.17, 15) is 29.8 Å². The van der Waals surface area contributed by atoms with Gasteiger partial charge in [-0.25, -0.2) is 0 Å². The van der Waals surface area contributed by atoms with Gasteiger partial charge in [0.25, 0.3) is 22.5 Å². The molecule has 0 unspecified atom stereocenters. The van der Waals surface area contributed by atoms with E-state index in [-0.39, 0.29) is 44.9 Å². The van der Waals surface area contributed by atoms with Crippen molar-refractivity contribution < 1.29 is 23.9 Å². The molecule has 4 rings (SSSR count). The zero-order valence-electron chi connectivity index (χ0n) is 16.5. The zero-order chi connectivity index (χ0) is 23.7. The third-order valence-corrected chi connectivity index (χ3v) is 5.95. The van der Waals surface area contributed by atoms with Crippen LogP contribution < -0.4 is 0 Å². The molecule has 1 aromatic heterocycles. The SMILES string of the molecule is O=C1S/C(=C/c2ccc(-c3cc([N+](=O)[O-])ccc3Cl)o2)C(=O)N1Cc1ccccc1[N+](=O)[O-]. The maximum Gasteiger partial charge on any atom is 0.293 e. The Kier molecular flexibility index (Phi) is 5.99. The summed E-state index contributed by atoms with van der Waals surface area (Å²) >= 11 is 6.81. The number of carbonyl (C=O) groups excluding carboxylic acids is 2. The summed E-state index contributed by atoms with van der Waals surface area (Å²) in [5.74, 6) is -0.146. The lowest BCUT2D eigenvalue weighted by molar-refractivity contribution is -0.385. The van der Waals surface area contributed by atoms with Crippen molar-refractivity contribution in [1.29, 1.82) is 0 Å². The predicted octanol–water partition coefficient (Wildman–Crippen LogP) is 5.65. The van der Waals surface area contributed by atoms with Crippen LogP contribution >= 0.6 is 23.4 Å². The van der Waals surface area contributed by atoms with Gasteiger partial charge >= 0.3 is 0 Å². The zero-order valence-corrected chi connectivity index (χ0v) is 18.0. The predicted molar refractivity (Wildman–Crippen MR) is 120 cm³/mol. The first-order valence-corrected chi connectivity index (χ1v) is 10.5. The van der Waals surface area contributed by atoms with E-state index in [1.54, 1.807) is 6.07 Å². The highest BCUT2D eigenvalue weighted by Gasteiger charge is 2.36. The van der Waals surface area contributed by atoms with E-state index in [0.29, 0.717) is 17.3 Å². The van der Waals surface area contributed by atoms with Crippen molar-refractivity contribution in [2.45, 2.75) is 6.54 Å². The molecule has 1 saturated heterocycles. The number of rotatable bonds is 6. The molecule has 2 heterocycles. The molecule has 0 aliphatic carbocycles. The first-order valence-electron chi connectivity index (χ1n) is 9.26. The number of furan rings is 1. The maximum atomic E-state index is 12.8. The quantitative estimate of drug-likeness (QED) is 0.248. The minimum atomic E-state index is -0.616. The van der Waals surface area contributed by atoms with Crippen LogP contribution in [0, 0.1) is 20.2 Å². The number of amides is 2. The van der Waals surface area contributed by atoms with Crippen molar-refractivity contribution in [2.75, 3.05) is 0 Å². The van der Waals surface area contributed by atoms with Gasteiger partial charge in [0, 0.05) is 35.4 Å². The highest BCUT2D eigenvalue weighted by atomic mass is 35.5. The molecule has 10 nitrogen and oxygen atoms in total. The van der Waals surface area contributed by atoms with Crippen molar-refractivity contribution in [3.05, 3.63) is 96.1 Å². The Bertz CT molecular complexity index is 1350. The second kappa shape index (κ2) is 8.88. The van der Waals surface area contributed by atoms with Gasteiger partial charge in [-0.3, -0.25) is 34.7 Å². The second-order valence-electron chi connectivity index (χ2n) is 6.78. The molecule has 1 aliphatic heterocycles. The highest BCUT2D eigenvalue weighted by molar-refractivity contribution is 8.18. The molecule has 1 fully saturated rings. The average molecular weight is 486 g/mol. The lowest BCUT2D eigenvalue weighted by Gasteiger charge is -2.12. The molecule has 0 bridgehead atoms. The Morgan fingerprint density at radius 3 is 2.52 bits per heavy atom. The molecule has 3 aromatic rings. The third kappa shape index (κ3) is 4.49. The first-order chi connectivity index (χ1) is 15.7. The fourth-order valence-electron chi connectivity index (χ4n) is 3.15. The number of non-ortho nitro benzene ring substituents is 1. The Morgan fingerprint density at radius 1 is 1.03 bits per heavy atom. The van der Waals surface area contributed by atoms with Gasteiger partial charge in [0.15, 0.2) is 0 Å². The van der Waals surface area contributed by atoms with Gasteiger partial charge in [0.1, 0.15) is 11.5 Å². The molecule has 0 saturated carbocycles. The van der Waals surface area contributed by atoms with Gasteiger partial charge < -0.3 is 4.42 Å². The second-order valence-corrected chi connectivity index (χ2v) is 8.18. The van der Waals surface area contributed by atoms with Gasteiger partial charge in [-0.05, 0) is 30.0 Å². The lowest BCUT2D eigenvalue weighted by Crippen LogP contribution is -2.27. The summed E-state index contributed by atoms with van der Waals surface area (Å²) in [5.41, 5.74) is 0.176. The van der Waals surface area contributed by atoms with Crippen LogP contribution in [0.25, 0.3) is 17.4 Å². The van der Waals surface area contributed by atoms with Crippen LogP contribution in [0.4, 0.5) is 16.2 Å². The summed E-state index contributed by atoms with van der Waals surface area (Å²) in [6, 6.07) is 12.8. The summed E-state index contributed by atoms with van der Waals surface area (Å²) in [5, 5.41) is 21.9. The summed E-state index contributed by atoms with van der Waals surface area (Å²) in [7, 11) is 0. The molecule has 166 valence electrons. The van der Waals surface area contributed by atoms with Crippen LogP contribution in [0.15, 0.2) is 63.9 Å². The van der Waals surface area contributed by atoms with E-state index in [1.807, 2.05) is 0 Å². The van der Waals surface area contributed by atoms with Crippen molar-refractivity contribution in [3.63, 3.8) is 0 Å². The summed E-state index contributed by atoms with van der Waals surface area (Å²) in [6.45, 7) is -0.244. The van der Waals surface area contributed by atoms with E-state index in [0.717, 1.165) is 4.90 Å². The van der Waals surface area contributed by atoms with E-state index < -0.39 is 21.0 Å². The molecule has 0 N–H and O–H groups in total. The summed E-state index contributed by atoms with van der Waals surface area (Å²) < 4.78 is 5.67. The van der Waals surface area contributed by atoms with Crippen molar-refractivity contribution in [3.8, 4) is 11.3 Å². The van der Waals surface area contributed by atoms with Crippen LogP contribution in [0.5, 0.6) is 0 Å². The molecular formula is C21H12ClN3O7S. The number of halogens is 1. The fraction of sp³-hybridized carbons (Fsp3) is 0.0476. The number of benzene rings is 2. The molecule has 0 spiro atoms. The molecule has 2 aromatic carbocycles. The van der Waals surface area contributed by atoms with Crippen LogP contribution in [-0.2, 0) is 11.3 Å². The minimum absolute atomic E-state index is 0.0737. The topological polar surface area (TPSA) is 137 Å². The van der Waals surface area contributed by atoms with Crippen LogP contribution in [0.3, 0.4) is 0 Å². The Morgan fingerprint density at radius 2 is 1.79 bits per heavy atom. The van der Waals surface area contributed by atoms with Crippen molar-refractivity contribution >= 4 is 52.0 Å². The third-order valence-electron chi connectivity index (χ3n) is 4.72. The number of hydrogen-bond acceptors (Lipinski definition) is 8. The minimum Gasteiger partial charge on any atom is -0.457 e. The van der Waals surface area contributed by atoms with Crippen LogP contribution in [-0.4, -0.2) is 25.9 Å². The normalized spacial score (nSPS) is 14.8. The van der Waals surface area contributed by atoms with E-state index in [1.165, 1.54) is 54.6 Å². The lowest BCUT2D eigenvalue weighted by atomic mass is 10.1. The van der Waals surface area contributed by atoms with Gasteiger partial charge in [-0.1, -0.05) is 29.8 Å². The number of nitro benzene ring substituents is 2. The Balaban J connectivity index is 1.58. The largest absolute Gasteiger partial charge is 0.457 e. The first kappa shape index (κ1) is 22.2. The number of nitrogens with zero attached hydrogens (tertiary/aromatic N) is 3. The van der Waals surface area contributed by atoms with Crippen LogP contribution in [0.2, 0.25) is 5.02 Å². The van der Waals surface area contributed by atoms with E-state index in [2.05, 4.69) is 0 Å². The molecule has 2 amide bonds. The Hall–Kier alpha value is -3.96. The van der Waals surface area contributed by atoms with Crippen molar-refractivity contribution in [2.24, 2.45) is 0 Å². The van der Waals surface area contributed by atoms with Gasteiger partial charge in [0.05, 0.1) is 26.3 Å². The number of imide groups is 1. The van der Waals surface area contributed by atoms with E-state index >= 15 is 0 Å².